The molecule has 1 heterocycles. The van der Waals surface area contributed by atoms with E-state index in [1.165, 1.54) is 17.0 Å². The maximum atomic E-state index is 13.0. The number of esters is 1. The summed E-state index contributed by atoms with van der Waals surface area (Å²) >= 11 is 0. The fourth-order valence-corrected chi connectivity index (χ4v) is 3.77. The number of hydrogen-bond acceptors (Lipinski definition) is 5. The number of rotatable bonds is 7. The normalized spacial score (nSPS) is 16.6. The van der Waals surface area contributed by atoms with Gasteiger partial charge in [0.25, 0.3) is 0 Å². The topological polar surface area (TPSA) is 84.9 Å². The van der Waals surface area contributed by atoms with Gasteiger partial charge >= 0.3 is 18.2 Å². The molecule has 2 aromatic rings. The highest BCUT2D eigenvalue weighted by Gasteiger charge is 2.37. The Morgan fingerprint density at radius 1 is 1.09 bits per heavy atom. The highest BCUT2D eigenvalue weighted by atomic mass is 19.4. The molecule has 0 spiro atoms. The summed E-state index contributed by atoms with van der Waals surface area (Å²) in [5.74, 6) is -1.40. The minimum Gasteiger partial charge on any atom is -0.467 e. The van der Waals surface area contributed by atoms with Crippen molar-refractivity contribution in [3.05, 3.63) is 71.3 Å². The van der Waals surface area contributed by atoms with Gasteiger partial charge in [-0.3, -0.25) is 9.69 Å². The van der Waals surface area contributed by atoms with Gasteiger partial charge in [0.15, 0.2) is 0 Å². The van der Waals surface area contributed by atoms with Crippen LogP contribution >= 0.6 is 0 Å². The first-order valence-electron chi connectivity index (χ1n) is 10.7. The van der Waals surface area contributed by atoms with Gasteiger partial charge in [-0.1, -0.05) is 48.5 Å². The van der Waals surface area contributed by atoms with Crippen LogP contribution in [0.2, 0.25) is 0 Å². The van der Waals surface area contributed by atoms with Crippen LogP contribution in [0.1, 0.15) is 29.5 Å². The Kier molecular flexibility index (Phi) is 8.14. The van der Waals surface area contributed by atoms with Crippen molar-refractivity contribution in [2.45, 2.75) is 44.1 Å². The molecule has 7 nitrogen and oxygen atoms in total. The standard InChI is InChI=1S/C24H25F3N2O5/c1-33-22(31)19(14-17-9-5-10-18(13-17)24(25,26)27)28-21(30)20-11-6-12-29(20)23(32)34-15-16-7-3-2-4-8-16/h2-5,7-10,13,19-20H,6,11-12,14-15H2,1H3,(H,28,30)/t19-,20+/m0/s1. The summed E-state index contributed by atoms with van der Waals surface area (Å²) < 4.78 is 49.1. The lowest BCUT2D eigenvalue weighted by atomic mass is 10.0. The van der Waals surface area contributed by atoms with E-state index in [2.05, 4.69) is 5.32 Å². The average Bonchev–Trinajstić information content (AvgIpc) is 3.32. The largest absolute Gasteiger partial charge is 0.467 e. The molecule has 1 aliphatic heterocycles. The first-order chi connectivity index (χ1) is 16.2. The SMILES string of the molecule is COC(=O)[C@H](Cc1cccc(C(F)(F)F)c1)NC(=O)[C@H]1CCCN1C(=O)OCc1ccccc1. The van der Waals surface area contributed by atoms with Gasteiger partial charge in [0.2, 0.25) is 5.91 Å². The molecular formula is C24H25F3N2O5. The summed E-state index contributed by atoms with van der Waals surface area (Å²) in [6.45, 7) is 0.354. The first kappa shape index (κ1) is 25.1. The Bertz CT molecular complexity index is 1010. The first-order valence-corrected chi connectivity index (χ1v) is 10.7. The second-order valence-electron chi connectivity index (χ2n) is 7.88. The quantitative estimate of drug-likeness (QED) is 0.614. The number of hydrogen-bond donors (Lipinski definition) is 1. The van der Waals surface area contributed by atoms with Crippen molar-refractivity contribution in [3.8, 4) is 0 Å². The molecule has 2 atom stereocenters. The smallest absolute Gasteiger partial charge is 0.416 e. The molecule has 0 unspecified atom stereocenters. The number of carbonyl (C=O) groups excluding carboxylic acids is 3. The maximum absolute atomic E-state index is 13.0. The number of methoxy groups -OCH3 is 1. The van der Waals surface area contributed by atoms with E-state index in [1.807, 2.05) is 18.2 Å². The van der Waals surface area contributed by atoms with Crippen molar-refractivity contribution >= 4 is 18.0 Å². The molecular weight excluding hydrogens is 453 g/mol. The van der Waals surface area contributed by atoms with Crippen LogP contribution in [0.5, 0.6) is 0 Å². The van der Waals surface area contributed by atoms with Crippen molar-refractivity contribution in [1.29, 1.82) is 0 Å². The second-order valence-corrected chi connectivity index (χ2v) is 7.88. The number of halogens is 3. The van der Waals surface area contributed by atoms with Crippen LogP contribution in [0, 0.1) is 0 Å². The molecule has 2 aromatic carbocycles. The zero-order valence-electron chi connectivity index (χ0n) is 18.5. The van der Waals surface area contributed by atoms with Gasteiger partial charge in [0.1, 0.15) is 18.7 Å². The Balaban J connectivity index is 1.66. The molecule has 0 aromatic heterocycles. The van der Waals surface area contributed by atoms with Gasteiger partial charge in [-0.15, -0.1) is 0 Å². The molecule has 34 heavy (non-hydrogen) atoms. The minimum atomic E-state index is -4.54. The summed E-state index contributed by atoms with van der Waals surface area (Å²) in [5, 5.41) is 2.53. The third kappa shape index (κ3) is 6.49. The van der Waals surface area contributed by atoms with E-state index >= 15 is 0 Å². The molecule has 10 heteroatoms. The summed E-state index contributed by atoms with van der Waals surface area (Å²) in [6, 6.07) is 11.5. The predicted octanol–water partition coefficient (Wildman–Crippen LogP) is 3.71. The number of ether oxygens (including phenoxy) is 2. The molecule has 2 amide bonds. The zero-order valence-corrected chi connectivity index (χ0v) is 18.5. The molecule has 182 valence electrons. The van der Waals surface area contributed by atoms with Gasteiger partial charge in [-0.25, -0.2) is 9.59 Å². The molecule has 1 aliphatic rings. The van der Waals surface area contributed by atoms with Gasteiger partial charge in [0.05, 0.1) is 12.7 Å². The highest BCUT2D eigenvalue weighted by molar-refractivity contribution is 5.90. The zero-order chi connectivity index (χ0) is 24.7. The lowest BCUT2D eigenvalue weighted by Crippen LogP contribution is -2.51. The molecule has 3 rings (SSSR count). The van der Waals surface area contributed by atoms with Crippen molar-refractivity contribution in [1.82, 2.24) is 10.2 Å². The molecule has 1 saturated heterocycles. The van der Waals surface area contributed by atoms with Gasteiger partial charge in [-0.05, 0) is 30.0 Å². The number of carbonyl (C=O) groups is 3. The van der Waals surface area contributed by atoms with Crippen LogP contribution < -0.4 is 5.32 Å². The fourth-order valence-electron chi connectivity index (χ4n) is 3.77. The fraction of sp³-hybridized carbons (Fsp3) is 0.375. The molecule has 1 N–H and O–H groups in total. The van der Waals surface area contributed by atoms with E-state index in [0.717, 1.165) is 24.8 Å². The highest BCUT2D eigenvalue weighted by Crippen LogP contribution is 2.30. The number of nitrogens with one attached hydrogen (secondary N) is 1. The molecule has 0 saturated carbocycles. The third-order valence-electron chi connectivity index (χ3n) is 5.49. The maximum Gasteiger partial charge on any atom is 0.416 e. The van der Waals surface area contributed by atoms with Crippen molar-refractivity contribution < 1.29 is 37.0 Å². The van der Waals surface area contributed by atoms with Crippen LogP contribution in [0.3, 0.4) is 0 Å². The van der Waals surface area contributed by atoms with Crippen LogP contribution in [0.25, 0.3) is 0 Å². The predicted molar refractivity (Wildman–Crippen MR) is 115 cm³/mol. The van der Waals surface area contributed by atoms with Crippen LogP contribution in [-0.4, -0.2) is 48.6 Å². The summed E-state index contributed by atoms with van der Waals surface area (Å²) in [6.07, 6.45) is -4.47. The minimum absolute atomic E-state index is 0.0465. The van der Waals surface area contributed by atoms with E-state index < -0.39 is 41.8 Å². The number of alkyl halides is 3. The number of nitrogens with zero attached hydrogens (tertiary/aromatic N) is 1. The van der Waals surface area contributed by atoms with Crippen LogP contribution in [0.4, 0.5) is 18.0 Å². The number of benzene rings is 2. The summed E-state index contributed by atoms with van der Waals surface area (Å²) in [4.78, 5) is 39.0. The Morgan fingerprint density at radius 3 is 2.47 bits per heavy atom. The lowest BCUT2D eigenvalue weighted by Gasteiger charge is -2.25. The molecule has 0 bridgehead atoms. The van der Waals surface area contributed by atoms with Crippen LogP contribution in [-0.2, 0) is 38.3 Å². The second kappa shape index (κ2) is 11.0. The third-order valence-corrected chi connectivity index (χ3v) is 5.49. The van der Waals surface area contributed by atoms with Gasteiger partial charge in [-0.2, -0.15) is 13.2 Å². The van der Waals surface area contributed by atoms with Crippen LogP contribution in [0.15, 0.2) is 54.6 Å². The van der Waals surface area contributed by atoms with E-state index in [1.54, 1.807) is 12.1 Å². The Labute approximate surface area is 194 Å². The van der Waals surface area contributed by atoms with E-state index in [-0.39, 0.29) is 18.6 Å². The van der Waals surface area contributed by atoms with E-state index in [4.69, 9.17) is 9.47 Å². The summed E-state index contributed by atoms with van der Waals surface area (Å²) in [7, 11) is 1.12. The Morgan fingerprint density at radius 2 is 1.79 bits per heavy atom. The van der Waals surface area contributed by atoms with E-state index in [0.29, 0.717) is 19.4 Å². The molecule has 1 fully saturated rings. The summed E-state index contributed by atoms with van der Waals surface area (Å²) in [5.41, 5.74) is 0.141. The molecule has 0 radical (unpaired) electrons. The number of likely N-dealkylation sites (tertiary alicyclic amines) is 1. The van der Waals surface area contributed by atoms with Crippen molar-refractivity contribution in [2.75, 3.05) is 13.7 Å². The van der Waals surface area contributed by atoms with Gasteiger partial charge in [0, 0.05) is 13.0 Å². The molecule has 0 aliphatic carbocycles. The number of amides is 2. The Hall–Kier alpha value is -3.56. The average molecular weight is 478 g/mol. The monoisotopic (exact) mass is 478 g/mol. The van der Waals surface area contributed by atoms with Crippen molar-refractivity contribution in [2.24, 2.45) is 0 Å². The van der Waals surface area contributed by atoms with E-state index in [9.17, 15) is 27.6 Å². The lowest BCUT2D eigenvalue weighted by molar-refractivity contribution is -0.145. The van der Waals surface area contributed by atoms with Gasteiger partial charge < -0.3 is 14.8 Å². The van der Waals surface area contributed by atoms with Crippen molar-refractivity contribution in [3.63, 3.8) is 0 Å².